The lowest BCUT2D eigenvalue weighted by atomic mass is 9.79. The van der Waals surface area contributed by atoms with E-state index in [4.69, 9.17) is 0 Å². The molecule has 1 atom stereocenters. The van der Waals surface area contributed by atoms with Gasteiger partial charge in [0.2, 0.25) is 0 Å². The van der Waals surface area contributed by atoms with Crippen LogP contribution in [0.5, 0.6) is 0 Å². The highest BCUT2D eigenvalue weighted by molar-refractivity contribution is 4.93. The molecule has 0 amide bonds. The summed E-state index contributed by atoms with van der Waals surface area (Å²) >= 11 is 0. The highest BCUT2D eigenvalue weighted by Crippen LogP contribution is 2.37. The number of hydrogen-bond donors (Lipinski definition) is 0. The minimum atomic E-state index is 0.668. The summed E-state index contributed by atoms with van der Waals surface area (Å²) in [6.45, 7) is 9.29. The topological polar surface area (TPSA) is 6.48 Å². The number of piperidine rings is 1. The Balaban J connectivity index is 0.000000461. The largest absolute Gasteiger partial charge is 0.306 e. The van der Waals surface area contributed by atoms with Gasteiger partial charge in [0.25, 0.3) is 0 Å². The van der Waals surface area contributed by atoms with E-state index in [9.17, 15) is 0 Å². The molecule has 2 saturated heterocycles. The van der Waals surface area contributed by atoms with Gasteiger partial charge in [0.05, 0.1) is 0 Å². The van der Waals surface area contributed by atoms with Crippen molar-refractivity contribution in [2.75, 3.05) is 40.3 Å². The third kappa shape index (κ3) is 2.71. The quantitative estimate of drug-likeness (QED) is 0.588. The third-order valence-electron chi connectivity index (χ3n) is 3.48. The Morgan fingerprint density at radius 1 is 0.857 bits per heavy atom. The molecule has 2 nitrogen and oxygen atoms in total. The summed E-state index contributed by atoms with van der Waals surface area (Å²) in [5.74, 6) is 0. The van der Waals surface area contributed by atoms with Crippen LogP contribution >= 0.6 is 0 Å². The summed E-state index contributed by atoms with van der Waals surface area (Å²) in [6, 6.07) is 0. The average molecular weight is 198 g/mol. The van der Waals surface area contributed by atoms with Gasteiger partial charge in [0, 0.05) is 13.1 Å². The second-order valence-corrected chi connectivity index (χ2v) is 4.83. The van der Waals surface area contributed by atoms with E-state index in [1.54, 1.807) is 0 Å². The molecule has 0 aromatic carbocycles. The summed E-state index contributed by atoms with van der Waals surface area (Å²) in [4.78, 5) is 4.99. The maximum atomic E-state index is 2.50. The number of likely N-dealkylation sites (tertiary alicyclic amines) is 2. The van der Waals surface area contributed by atoms with Crippen LogP contribution in [0, 0.1) is 5.41 Å². The Labute approximate surface area is 89.3 Å². The zero-order valence-electron chi connectivity index (χ0n) is 10.3. The Morgan fingerprint density at radius 2 is 1.43 bits per heavy atom. The van der Waals surface area contributed by atoms with Crippen molar-refractivity contribution in [1.82, 2.24) is 9.80 Å². The molecule has 2 fully saturated rings. The molecule has 0 bridgehead atoms. The van der Waals surface area contributed by atoms with Crippen molar-refractivity contribution in [3.8, 4) is 0 Å². The molecule has 1 unspecified atom stereocenters. The van der Waals surface area contributed by atoms with Crippen LogP contribution in [0.1, 0.15) is 33.1 Å². The maximum absolute atomic E-state index is 2.50. The van der Waals surface area contributed by atoms with Gasteiger partial charge in [-0.05, 0) is 51.9 Å². The Bertz CT molecular complexity index is 166. The van der Waals surface area contributed by atoms with Crippen LogP contribution in [0.3, 0.4) is 0 Å². The predicted molar refractivity (Wildman–Crippen MR) is 62.6 cm³/mol. The second kappa shape index (κ2) is 5.13. The molecule has 0 aromatic heterocycles. The van der Waals surface area contributed by atoms with Gasteiger partial charge in [-0.15, -0.1) is 0 Å². The first-order chi connectivity index (χ1) is 6.70. The van der Waals surface area contributed by atoms with Gasteiger partial charge in [-0.1, -0.05) is 13.8 Å². The van der Waals surface area contributed by atoms with Crippen LogP contribution in [0.15, 0.2) is 0 Å². The van der Waals surface area contributed by atoms with Crippen molar-refractivity contribution in [3.63, 3.8) is 0 Å². The molecule has 84 valence electrons. The van der Waals surface area contributed by atoms with Crippen LogP contribution < -0.4 is 0 Å². The van der Waals surface area contributed by atoms with Crippen molar-refractivity contribution in [1.29, 1.82) is 0 Å². The summed E-state index contributed by atoms with van der Waals surface area (Å²) in [7, 11) is 4.52. The van der Waals surface area contributed by atoms with Crippen LogP contribution in [-0.2, 0) is 0 Å². The van der Waals surface area contributed by atoms with Crippen LogP contribution in [0.25, 0.3) is 0 Å². The lowest BCUT2D eigenvalue weighted by Gasteiger charge is -2.38. The molecule has 0 N–H and O–H groups in total. The lowest BCUT2D eigenvalue weighted by Crippen LogP contribution is -2.42. The van der Waals surface area contributed by atoms with Crippen molar-refractivity contribution >= 4 is 0 Å². The van der Waals surface area contributed by atoms with Crippen molar-refractivity contribution in [2.24, 2.45) is 5.41 Å². The summed E-state index contributed by atoms with van der Waals surface area (Å²) in [5, 5.41) is 0. The van der Waals surface area contributed by atoms with E-state index < -0.39 is 0 Å². The average Bonchev–Trinajstić information content (AvgIpc) is 2.50. The minimum absolute atomic E-state index is 0.668. The van der Waals surface area contributed by atoms with Gasteiger partial charge < -0.3 is 9.80 Å². The SMILES string of the molecule is CC.CN1CCCC2(CCN(C)C2)C1. The standard InChI is InChI=1S/C10H20N2.C2H6/c1-11-6-3-4-10(8-11)5-7-12(2)9-10;1-2/h3-9H2,1-2H3;1-2H3. The van der Waals surface area contributed by atoms with Crippen molar-refractivity contribution in [3.05, 3.63) is 0 Å². The Hall–Kier alpha value is -0.0800. The molecular weight excluding hydrogens is 172 g/mol. The van der Waals surface area contributed by atoms with E-state index in [0.29, 0.717) is 5.41 Å². The van der Waals surface area contributed by atoms with E-state index in [1.165, 1.54) is 45.4 Å². The van der Waals surface area contributed by atoms with Crippen LogP contribution in [0.4, 0.5) is 0 Å². The predicted octanol–water partition coefficient (Wildman–Crippen LogP) is 2.06. The second-order valence-electron chi connectivity index (χ2n) is 4.83. The molecule has 0 aromatic rings. The van der Waals surface area contributed by atoms with Gasteiger partial charge in [0.15, 0.2) is 0 Å². The molecule has 14 heavy (non-hydrogen) atoms. The Morgan fingerprint density at radius 3 is 1.86 bits per heavy atom. The third-order valence-corrected chi connectivity index (χ3v) is 3.48. The summed E-state index contributed by atoms with van der Waals surface area (Å²) < 4.78 is 0. The molecule has 2 rings (SSSR count). The van der Waals surface area contributed by atoms with Gasteiger partial charge in [0.1, 0.15) is 0 Å². The van der Waals surface area contributed by atoms with E-state index in [2.05, 4.69) is 23.9 Å². The van der Waals surface area contributed by atoms with Crippen molar-refractivity contribution in [2.45, 2.75) is 33.1 Å². The fraction of sp³-hybridized carbons (Fsp3) is 1.00. The summed E-state index contributed by atoms with van der Waals surface area (Å²) in [6.07, 6.45) is 4.29. The smallest absolute Gasteiger partial charge is 0.00477 e. The lowest BCUT2D eigenvalue weighted by molar-refractivity contribution is 0.117. The molecule has 0 aliphatic carbocycles. The minimum Gasteiger partial charge on any atom is -0.306 e. The molecule has 1 spiro atoms. The molecule has 2 aliphatic heterocycles. The first-order valence-electron chi connectivity index (χ1n) is 6.07. The van der Waals surface area contributed by atoms with E-state index >= 15 is 0 Å². The fourth-order valence-corrected chi connectivity index (χ4v) is 2.95. The number of rotatable bonds is 0. The van der Waals surface area contributed by atoms with Gasteiger partial charge in [-0.2, -0.15) is 0 Å². The highest BCUT2D eigenvalue weighted by atomic mass is 15.2. The van der Waals surface area contributed by atoms with Gasteiger partial charge in [-0.25, -0.2) is 0 Å². The van der Waals surface area contributed by atoms with Gasteiger partial charge in [-0.3, -0.25) is 0 Å². The number of nitrogens with zero attached hydrogens (tertiary/aromatic N) is 2. The van der Waals surface area contributed by atoms with Crippen LogP contribution in [0.2, 0.25) is 0 Å². The molecule has 0 radical (unpaired) electrons. The van der Waals surface area contributed by atoms with E-state index in [-0.39, 0.29) is 0 Å². The zero-order valence-corrected chi connectivity index (χ0v) is 10.3. The fourth-order valence-electron chi connectivity index (χ4n) is 2.95. The normalized spacial score (nSPS) is 34.3. The molecule has 2 heterocycles. The first-order valence-corrected chi connectivity index (χ1v) is 6.07. The highest BCUT2D eigenvalue weighted by Gasteiger charge is 2.38. The van der Waals surface area contributed by atoms with Gasteiger partial charge >= 0.3 is 0 Å². The molecular formula is C12H26N2. The molecule has 2 heteroatoms. The van der Waals surface area contributed by atoms with Crippen LogP contribution in [-0.4, -0.2) is 50.1 Å². The monoisotopic (exact) mass is 198 g/mol. The Kier molecular flexibility index (Phi) is 4.39. The molecule has 2 aliphatic rings. The first kappa shape index (κ1) is 12.0. The number of hydrogen-bond acceptors (Lipinski definition) is 2. The summed E-state index contributed by atoms with van der Waals surface area (Å²) in [5.41, 5.74) is 0.668. The van der Waals surface area contributed by atoms with E-state index in [1.807, 2.05) is 13.8 Å². The van der Waals surface area contributed by atoms with E-state index in [0.717, 1.165) is 0 Å². The zero-order chi connectivity index (χ0) is 10.6. The van der Waals surface area contributed by atoms with Crippen molar-refractivity contribution < 1.29 is 0 Å². The maximum Gasteiger partial charge on any atom is 0.00477 e. The molecule has 0 saturated carbocycles.